The second-order valence-corrected chi connectivity index (χ2v) is 9.78. The van der Waals surface area contributed by atoms with Gasteiger partial charge in [-0.3, -0.25) is 14.5 Å². The van der Waals surface area contributed by atoms with Crippen molar-refractivity contribution in [2.45, 2.75) is 25.9 Å². The molecule has 3 aromatic rings. The van der Waals surface area contributed by atoms with Crippen LogP contribution in [0.25, 0.3) is 0 Å². The Kier molecular flexibility index (Phi) is 8.35. The normalized spacial score (nSPS) is 11.4. The van der Waals surface area contributed by atoms with Gasteiger partial charge in [-0.2, -0.15) is 13.2 Å². The van der Waals surface area contributed by atoms with Crippen LogP contribution in [0.1, 0.15) is 41.3 Å². The van der Waals surface area contributed by atoms with Gasteiger partial charge in [0.25, 0.3) is 5.91 Å². The van der Waals surface area contributed by atoms with Crippen molar-refractivity contribution in [2.24, 2.45) is 0 Å². The van der Waals surface area contributed by atoms with E-state index in [1.165, 1.54) is 18.2 Å². The van der Waals surface area contributed by atoms with Gasteiger partial charge in [0.1, 0.15) is 18.0 Å². The summed E-state index contributed by atoms with van der Waals surface area (Å²) in [5.74, 6) is -1.15. The van der Waals surface area contributed by atoms with E-state index in [9.17, 15) is 33.0 Å². The van der Waals surface area contributed by atoms with Crippen molar-refractivity contribution in [3.8, 4) is 17.2 Å². The number of alkyl halides is 3. The lowest BCUT2D eigenvalue weighted by atomic mass is 10.0. The standard InChI is InChI=1S/C25H20Br2F3NO5/c1-13(2)18-11-17(7-8-21(18)32)36-23-19(26)9-16(10-20(23)27)31(12-22(33)34)24(35)14-3-5-15(6-4-14)25(28,29)30/h3-11,13,32H,12H2,1-2H3,(H,33,34). The summed E-state index contributed by atoms with van der Waals surface area (Å²) in [6, 6.07) is 11.2. The molecule has 0 saturated carbocycles. The van der Waals surface area contributed by atoms with Crippen LogP contribution in [0.4, 0.5) is 18.9 Å². The van der Waals surface area contributed by atoms with E-state index >= 15 is 0 Å². The Bertz CT molecular complexity index is 1270. The van der Waals surface area contributed by atoms with Gasteiger partial charge in [0, 0.05) is 16.8 Å². The fraction of sp³-hybridized carbons (Fsp3) is 0.200. The first kappa shape index (κ1) is 27.5. The molecule has 1 amide bonds. The van der Waals surface area contributed by atoms with Crippen LogP contribution in [0.15, 0.2) is 63.5 Å². The van der Waals surface area contributed by atoms with Crippen LogP contribution in [0, 0.1) is 0 Å². The molecule has 11 heteroatoms. The highest BCUT2D eigenvalue weighted by molar-refractivity contribution is 9.11. The van der Waals surface area contributed by atoms with Gasteiger partial charge in [-0.25, -0.2) is 0 Å². The predicted octanol–water partition coefficient (Wildman–Crippen LogP) is 7.58. The number of phenols is 1. The summed E-state index contributed by atoms with van der Waals surface area (Å²) in [4.78, 5) is 25.5. The molecule has 0 radical (unpaired) electrons. The molecule has 3 aromatic carbocycles. The number of benzene rings is 3. The molecule has 2 N–H and O–H groups in total. The van der Waals surface area contributed by atoms with Crippen LogP contribution in [0.3, 0.4) is 0 Å². The van der Waals surface area contributed by atoms with Crippen molar-refractivity contribution >= 4 is 49.4 Å². The maximum Gasteiger partial charge on any atom is 0.416 e. The van der Waals surface area contributed by atoms with Gasteiger partial charge in [0.05, 0.1) is 14.5 Å². The van der Waals surface area contributed by atoms with Crippen molar-refractivity contribution in [1.29, 1.82) is 0 Å². The second kappa shape index (κ2) is 10.9. The fourth-order valence-electron chi connectivity index (χ4n) is 3.35. The van der Waals surface area contributed by atoms with Gasteiger partial charge in [0.2, 0.25) is 0 Å². The van der Waals surface area contributed by atoms with Gasteiger partial charge in [-0.05, 0) is 92.4 Å². The van der Waals surface area contributed by atoms with E-state index < -0.39 is 30.2 Å². The van der Waals surface area contributed by atoms with Gasteiger partial charge >= 0.3 is 12.1 Å². The van der Waals surface area contributed by atoms with E-state index in [2.05, 4.69) is 31.9 Å². The minimum absolute atomic E-state index is 0.0450. The highest BCUT2D eigenvalue weighted by atomic mass is 79.9. The number of ether oxygens (including phenoxy) is 1. The lowest BCUT2D eigenvalue weighted by Gasteiger charge is -2.23. The number of carbonyl (C=O) groups is 2. The molecule has 190 valence electrons. The van der Waals surface area contributed by atoms with Crippen LogP contribution < -0.4 is 9.64 Å². The van der Waals surface area contributed by atoms with Crippen molar-refractivity contribution in [2.75, 3.05) is 11.4 Å². The number of carboxylic acids is 1. The number of rotatable bonds is 7. The maximum absolute atomic E-state index is 13.1. The third-order valence-electron chi connectivity index (χ3n) is 5.13. The first-order valence-electron chi connectivity index (χ1n) is 10.5. The lowest BCUT2D eigenvalue weighted by molar-refractivity contribution is -0.137. The molecule has 0 aromatic heterocycles. The van der Waals surface area contributed by atoms with E-state index in [0.29, 0.717) is 26.0 Å². The number of amides is 1. The van der Waals surface area contributed by atoms with Crippen molar-refractivity contribution in [3.63, 3.8) is 0 Å². The predicted molar refractivity (Wildman–Crippen MR) is 135 cm³/mol. The number of anilines is 1. The Morgan fingerprint density at radius 1 is 1.00 bits per heavy atom. The molecular weight excluding hydrogens is 611 g/mol. The Morgan fingerprint density at radius 3 is 2.08 bits per heavy atom. The van der Waals surface area contributed by atoms with Gasteiger partial charge in [-0.1, -0.05) is 13.8 Å². The second-order valence-electron chi connectivity index (χ2n) is 8.08. The Morgan fingerprint density at radius 2 is 1.58 bits per heavy atom. The highest BCUT2D eigenvalue weighted by Gasteiger charge is 2.31. The van der Waals surface area contributed by atoms with Crippen LogP contribution in [-0.2, 0) is 11.0 Å². The minimum atomic E-state index is -4.57. The highest BCUT2D eigenvalue weighted by Crippen LogP contribution is 2.41. The molecule has 6 nitrogen and oxygen atoms in total. The number of phenolic OH excluding ortho intramolecular Hbond substituents is 1. The lowest BCUT2D eigenvalue weighted by Crippen LogP contribution is -2.35. The summed E-state index contributed by atoms with van der Waals surface area (Å²) < 4.78 is 45.3. The minimum Gasteiger partial charge on any atom is -0.508 e. The first-order valence-corrected chi connectivity index (χ1v) is 12.1. The number of hydrogen-bond acceptors (Lipinski definition) is 4. The van der Waals surface area contributed by atoms with Crippen LogP contribution in [-0.4, -0.2) is 28.6 Å². The zero-order valence-corrected chi connectivity index (χ0v) is 22.1. The number of carbonyl (C=O) groups excluding carboxylic acids is 1. The SMILES string of the molecule is CC(C)c1cc(Oc2c(Br)cc(N(CC(=O)O)C(=O)c3ccc(C(F)(F)F)cc3)cc2Br)ccc1O. The van der Waals surface area contributed by atoms with Crippen molar-refractivity contribution in [1.82, 2.24) is 0 Å². The molecule has 0 aliphatic carbocycles. The zero-order valence-electron chi connectivity index (χ0n) is 18.9. The smallest absolute Gasteiger partial charge is 0.416 e. The summed E-state index contributed by atoms with van der Waals surface area (Å²) >= 11 is 6.75. The third kappa shape index (κ3) is 6.38. The average molecular weight is 631 g/mol. The molecule has 0 spiro atoms. The average Bonchev–Trinajstić information content (AvgIpc) is 2.79. The van der Waals surface area contributed by atoms with Crippen LogP contribution in [0.5, 0.6) is 17.2 Å². The molecule has 36 heavy (non-hydrogen) atoms. The Balaban J connectivity index is 1.95. The van der Waals surface area contributed by atoms with E-state index in [1.807, 2.05) is 13.8 Å². The first-order chi connectivity index (χ1) is 16.8. The van der Waals surface area contributed by atoms with E-state index in [4.69, 9.17) is 4.74 Å². The maximum atomic E-state index is 13.1. The summed E-state index contributed by atoms with van der Waals surface area (Å²) in [6.45, 7) is 3.11. The fourth-order valence-corrected chi connectivity index (χ4v) is 4.67. The molecule has 0 aliphatic rings. The number of carboxylic acid groups (broad SMARTS) is 1. The molecule has 0 atom stereocenters. The quantitative estimate of drug-likeness (QED) is 0.281. The molecule has 0 bridgehead atoms. The molecule has 0 fully saturated rings. The van der Waals surface area contributed by atoms with Crippen molar-refractivity contribution < 1.29 is 37.7 Å². The van der Waals surface area contributed by atoms with E-state index in [1.54, 1.807) is 12.1 Å². The largest absolute Gasteiger partial charge is 0.508 e. The van der Waals surface area contributed by atoms with Gasteiger partial charge in [0.15, 0.2) is 5.75 Å². The summed E-state index contributed by atoms with van der Waals surface area (Å²) in [6.07, 6.45) is -4.57. The number of halogens is 5. The Hall–Kier alpha value is -3.05. The monoisotopic (exact) mass is 629 g/mol. The van der Waals surface area contributed by atoms with Gasteiger partial charge in [-0.15, -0.1) is 0 Å². The van der Waals surface area contributed by atoms with Crippen LogP contribution >= 0.6 is 31.9 Å². The van der Waals surface area contributed by atoms with Gasteiger partial charge < -0.3 is 14.9 Å². The molecule has 0 saturated heterocycles. The number of nitrogens with zero attached hydrogens (tertiary/aromatic N) is 1. The number of aliphatic carboxylic acids is 1. The van der Waals surface area contributed by atoms with Crippen molar-refractivity contribution in [3.05, 3.63) is 80.2 Å². The molecule has 3 rings (SSSR count). The summed E-state index contributed by atoms with van der Waals surface area (Å²) in [5.41, 5.74) is -0.180. The molecule has 0 aliphatic heterocycles. The topological polar surface area (TPSA) is 87.1 Å². The zero-order chi connectivity index (χ0) is 26.8. The van der Waals surface area contributed by atoms with E-state index in [-0.39, 0.29) is 22.9 Å². The number of hydrogen-bond donors (Lipinski definition) is 2. The molecule has 0 unspecified atom stereocenters. The van der Waals surface area contributed by atoms with Crippen LogP contribution in [0.2, 0.25) is 0 Å². The molecular formula is C25H20Br2F3NO5. The number of aromatic hydroxyl groups is 1. The summed E-state index contributed by atoms with van der Waals surface area (Å²) in [7, 11) is 0. The molecule has 0 heterocycles. The van der Waals surface area contributed by atoms with E-state index in [0.717, 1.165) is 29.2 Å². The summed E-state index contributed by atoms with van der Waals surface area (Å²) in [5, 5.41) is 19.4. The Labute approximate surface area is 221 Å². The third-order valence-corrected chi connectivity index (χ3v) is 6.31.